The van der Waals surface area contributed by atoms with Gasteiger partial charge in [0.05, 0.1) is 73.0 Å². The lowest BCUT2D eigenvalue weighted by molar-refractivity contribution is 0.306. The summed E-state index contributed by atoms with van der Waals surface area (Å²) in [6, 6.07) is 36.3. The van der Waals surface area contributed by atoms with E-state index in [2.05, 4.69) is 96.9 Å². The number of ether oxygens (including phenoxy) is 4. The molecule has 0 amide bonds. The van der Waals surface area contributed by atoms with Gasteiger partial charge >= 0.3 is 0 Å². The minimum Gasteiger partial charge on any atom is -0.492 e. The first-order valence-electron chi connectivity index (χ1n) is 41.8. The summed E-state index contributed by atoms with van der Waals surface area (Å²) in [7, 11) is 13.5. The zero-order valence-corrected chi connectivity index (χ0v) is 73.0. The fourth-order valence-corrected chi connectivity index (χ4v) is 16.1. The van der Waals surface area contributed by atoms with Gasteiger partial charge in [0.25, 0.3) is 0 Å². The number of nitrogens with one attached hydrogen (secondary N) is 3. The summed E-state index contributed by atoms with van der Waals surface area (Å²) in [5, 5.41) is 59.0. The van der Waals surface area contributed by atoms with Crippen molar-refractivity contribution in [2.45, 2.75) is 139 Å². The van der Waals surface area contributed by atoms with Crippen LogP contribution in [0, 0.1) is 72.8 Å². The van der Waals surface area contributed by atoms with Crippen LogP contribution in [0.2, 0.25) is 0 Å². The molecule has 13 heterocycles. The van der Waals surface area contributed by atoms with E-state index < -0.39 is 0 Å². The van der Waals surface area contributed by atoms with Gasteiger partial charge in [0.2, 0.25) is 0 Å². The Balaban J connectivity index is 0.000000134. The number of aryl methyl sites for hydroxylation is 10. The van der Waals surface area contributed by atoms with Crippen molar-refractivity contribution in [2.24, 2.45) is 35.2 Å². The third kappa shape index (κ3) is 19.4. The van der Waals surface area contributed by atoms with Crippen LogP contribution in [0.25, 0.3) is 72.5 Å². The molecule has 1 fully saturated rings. The topological polar surface area (TPSA) is 266 Å². The Labute approximate surface area is 713 Å². The first-order chi connectivity index (χ1) is 59.5. The summed E-state index contributed by atoms with van der Waals surface area (Å²) in [6.07, 6.45) is 15.9. The number of halogens is 3. The fourth-order valence-electron chi connectivity index (χ4n) is 16.1. The smallest absolute Gasteiger partial charge is 0.165 e. The van der Waals surface area contributed by atoms with E-state index in [1.54, 1.807) is 24.4 Å². The monoisotopic (exact) mass is 1670 g/mol. The molecule has 1 aliphatic heterocycles. The van der Waals surface area contributed by atoms with Gasteiger partial charge in [-0.15, -0.1) is 30.6 Å². The highest BCUT2D eigenvalue weighted by Crippen LogP contribution is 2.38. The van der Waals surface area contributed by atoms with Crippen molar-refractivity contribution >= 4 is 27.8 Å². The summed E-state index contributed by atoms with van der Waals surface area (Å²) in [5.41, 5.74) is 24.7. The molecule has 16 aromatic rings. The van der Waals surface area contributed by atoms with Crippen LogP contribution in [0.4, 0.5) is 13.2 Å². The summed E-state index contributed by atoms with van der Waals surface area (Å²) in [5.74, 6) is 3.79. The molecule has 1 aliphatic rings. The van der Waals surface area contributed by atoms with Gasteiger partial charge in [-0.05, 0) is 214 Å². The Bertz CT molecular complexity index is 6390. The minimum atomic E-state index is -0.362. The maximum Gasteiger partial charge on any atom is 0.165 e. The van der Waals surface area contributed by atoms with Crippen LogP contribution < -0.4 is 34.9 Å². The standard InChI is InChI=1S/C24H27FN6O.2C24H28FN5O.C21H25N7O/c1-15-19(16(2)30(3)29-15)10-12-32-22-13-18(25)7-8-20(22)17-6-9-23-27-28-24(31(23)14-17)21-5-4-11-26-21;1-15-18(16(2)29(4)27-15)11-12-31-24-19(7-6-8-21(24)25)17-9-10-23-20(13-17)22(14-26-3)28-30(23)5;1-5-6-7-23-26-27-24-11-8-18(15-30(23)24)21-10-9-19(25)14-22(21)31-13-12-20-16(2)28-29(4)17(20)3;1-14-17(15(2)27(4)26-14)9-11-29-18-6-5-10-23-21(18)16-7-8-19-24-25-20(12-22-3)28(19)13-16/h6-9,13-14,21,26H,4-5,10-12H2,1-3H3;6-10,13,26H,11-12,14H2,1-5H3;8-11,14-15H,5-7,12-13H2,1-4H3;5-8,10,13,22H,9,11-12H2,1-4H3. The molecule has 1 saturated heterocycles. The van der Waals surface area contributed by atoms with E-state index in [0.29, 0.717) is 70.3 Å². The van der Waals surface area contributed by atoms with Crippen LogP contribution in [-0.2, 0) is 80.4 Å². The molecule has 27 nitrogen and oxygen atoms in total. The van der Waals surface area contributed by atoms with Gasteiger partial charge in [0.15, 0.2) is 40.2 Å². The van der Waals surface area contributed by atoms with Crippen molar-refractivity contribution < 1.29 is 32.1 Å². The van der Waals surface area contributed by atoms with E-state index in [-0.39, 0.29) is 29.2 Å². The molecular weight excluding hydrogens is 1560 g/mol. The van der Waals surface area contributed by atoms with Gasteiger partial charge in [-0.2, -0.15) is 25.5 Å². The SMILES string of the molecule is CCCCc1nnc2ccc(-c3ccc(F)cc3OCCc3c(C)nn(C)c3C)cn12.CNCc1nn(C)c2ccc(-c3cccc(F)c3OCCc3c(C)nn(C)c3C)cc12.CNCc1nnc2ccc(-c3ncccc3OCCc3c(C)nn(C)c3C)cn12.Cc1nn(C)c(C)c1CCOc1cc(F)ccc1-c1ccc2nnc(C3CCCN3)n2c1. The molecular formula is C93H108F3N23O4. The quantitative estimate of drug-likeness (QED) is 0.0411. The summed E-state index contributed by atoms with van der Waals surface area (Å²) in [6.45, 7) is 22.5. The van der Waals surface area contributed by atoms with Crippen molar-refractivity contribution in [1.82, 2.24) is 114 Å². The molecule has 123 heavy (non-hydrogen) atoms. The average molecular weight is 1670 g/mol. The van der Waals surface area contributed by atoms with Gasteiger partial charge < -0.3 is 34.9 Å². The number of fused-ring (bicyclic) bond motifs is 4. The zero-order chi connectivity index (χ0) is 86.7. The molecule has 30 heteroatoms. The van der Waals surface area contributed by atoms with E-state index in [9.17, 15) is 13.2 Å². The van der Waals surface area contributed by atoms with Crippen molar-refractivity contribution in [3.8, 4) is 67.6 Å². The Kier molecular flexibility index (Phi) is 27.3. The number of nitrogens with zero attached hydrogens (tertiary/aromatic N) is 20. The van der Waals surface area contributed by atoms with Gasteiger partial charge in [-0.1, -0.05) is 31.5 Å². The Morgan fingerprint density at radius 3 is 1.46 bits per heavy atom. The van der Waals surface area contributed by atoms with Crippen LogP contribution in [0.5, 0.6) is 23.0 Å². The first-order valence-corrected chi connectivity index (χ1v) is 41.8. The molecule has 12 aromatic heterocycles. The molecule has 4 aromatic carbocycles. The predicted molar refractivity (Wildman–Crippen MR) is 471 cm³/mol. The molecule has 0 saturated carbocycles. The van der Waals surface area contributed by atoms with E-state index >= 15 is 0 Å². The number of rotatable bonds is 28. The van der Waals surface area contributed by atoms with Gasteiger partial charge in [-0.25, -0.2) is 13.2 Å². The zero-order valence-electron chi connectivity index (χ0n) is 73.0. The average Bonchev–Trinajstić information content (AvgIpc) is 1.47. The van der Waals surface area contributed by atoms with Crippen LogP contribution in [0.15, 0.2) is 146 Å². The second kappa shape index (κ2) is 38.9. The van der Waals surface area contributed by atoms with Crippen molar-refractivity contribution in [3.05, 3.63) is 255 Å². The molecule has 0 radical (unpaired) electrons. The fraction of sp³-hybridized carbons (Fsp3) is 0.355. The third-order valence-electron chi connectivity index (χ3n) is 23.0. The maximum atomic E-state index is 14.8. The molecule has 1 unspecified atom stereocenters. The normalized spacial score (nSPS) is 12.6. The molecule has 1 atom stereocenters. The lowest BCUT2D eigenvalue weighted by Crippen LogP contribution is -2.15. The number of benzene rings is 4. The lowest BCUT2D eigenvalue weighted by Gasteiger charge is -2.13. The highest BCUT2D eigenvalue weighted by Gasteiger charge is 2.25. The van der Waals surface area contributed by atoms with Crippen LogP contribution >= 0.6 is 0 Å². The second-order valence-corrected chi connectivity index (χ2v) is 31.1. The Morgan fingerprint density at radius 1 is 0.447 bits per heavy atom. The van der Waals surface area contributed by atoms with Gasteiger partial charge in [0, 0.05) is 172 Å². The Morgan fingerprint density at radius 2 is 0.935 bits per heavy atom. The summed E-state index contributed by atoms with van der Waals surface area (Å²) >= 11 is 0. The largest absolute Gasteiger partial charge is 0.492 e. The third-order valence-corrected chi connectivity index (χ3v) is 23.0. The summed E-state index contributed by atoms with van der Waals surface area (Å²) < 4.78 is 82.6. The molecule has 0 spiro atoms. The number of pyridine rings is 4. The van der Waals surface area contributed by atoms with Crippen LogP contribution in [0.3, 0.4) is 0 Å². The maximum absolute atomic E-state index is 14.8. The molecule has 0 aliphatic carbocycles. The van der Waals surface area contributed by atoms with Crippen molar-refractivity contribution in [3.63, 3.8) is 0 Å². The van der Waals surface area contributed by atoms with E-state index in [1.807, 2.05) is 220 Å². The highest BCUT2D eigenvalue weighted by atomic mass is 19.1. The summed E-state index contributed by atoms with van der Waals surface area (Å²) in [4.78, 5) is 4.57. The van der Waals surface area contributed by atoms with Crippen LogP contribution in [0.1, 0.15) is 130 Å². The first kappa shape index (κ1) is 86.5. The lowest BCUT2D eigenvalue weighted by atomic mass is 10.0. The minimum absolute atomic E-state index is 0.204. The van der Waals surface area contributed by atoms with Gasteiger partial charge in [0.1, 0.15) is 40.4 Å². The predicted octanol–water partition coefficient (Wildman–Crippen LogP) is 15.3. The van der Waals surface area contributed by atoms with E-state index in [0.717, 1.165) is 192 Å². The number of hydrogen-bond acceptors (Lipinski definition) is 19. The molecule has 3 N–H and O–H groups in total. The Hall–Kier alpha value is -12.9. The molecule has 640 valence electrons. The molecule has 0 bridgehead atoms. The van der Waals surface area contributed by atoms with E-state index in [4.69, 9.17) is 18.9 Å². The van der Waals surface area contributed by atoms with E-state index in [1.165, 1.54) is 52.7 Å². The second-order valence-electron chi connectivity index (χ2n) is 31.1. The number of unbranched alkanes of at least 4 members (excludes halogenated alkanes) is 1. The number of para-hydroxylation sites is 1. The number of hydrogen-bond donors (Lipinski definition) is 3. The van der Waals surface area contributed by atoms with Gasteiger partial charge in [-0.3, -0.25) is 41.6 Å². The van der Waals surface area contributed by atoms with Crippen molar-refractivity contribution in [1.29, 1.82) is 0 Å². The highest BCUT2D eigenvalue weighted by molar-refractivity contribution is 5.88. The van der Waals surface area contributed by atoms with Crippen LogP contribution in [-0.4, -0.2) is 145 Å². The molecule has 17 rings (SSSR count). The number of aromatic nitrogens is 20. The van der Waals surface area contributed by atoms with Crippen molar-refractivity contribution in [2.75, 3.05) is 47.1 Å².